The second-order valence-electron chi connectivity index (χ2n) is 7.03. The number of imidazole rings is 1. The second-order valence-corrected chi connectivity index (χ2v) is 7.03. The quantitative estimate of drug-likeness (QED) is 0.318. The molecule has 170 valence electrons. The molecule has 0 radical (unpaired) electrons. The van der Waals surface area contributed by atoms with E-state index in [0.29, 0.717) is 34.6 Å². The van der Waals surface area contributed by atoms with Crippen LogP contribution in [-0.4, -0.2) is 21.6 Å². The Kier molecular flexibility index (Phi) is 5.61. The number of halogens is 6. The summed E-state index contributed by atoms with van der Waals surface area (Å²) in [6.45, 7) is 0. The Morgan fingerprint density at radius 2 is 1.42 bits per heavy atom. The first-order valence-electron chi connectivity index (χ1n) is 9.49. The highest BCUT2D eigenvalue weighted by molar-refractivity contribution is 5.84. The summed E-state index contributed by atoms with van der Waals surface area (Å²) in [6.07, 6.45) is -4.43. The third-order valence-corrected chi connectivity index (χ3v) is 4.98. The van der Waals surface area contributed by atoms with E-state index >= 15 is 0 Å². The zero-order valence-electron chi connectivity index (χ0n) is 16.9. The van der Waals surface area contributed by atoms with Crippen LogP contribution >= 0.6 is 0 Å². The largest absolute Gasteiger partial charge is 0.496 e. The molecule has 4 aromatic rings. The lowest BCUT2D eigenvalue weighted by Crippen LogP contribution is -2.12. The summed E-state index contributed by atoms with van der Waals surface area (Å²) in [4.78, 5) is 8.07. The van der Waals surface area contributed by atoms with Crippen molar-refractivity contribution in [2.75, 3.05) is 7.11 Å². The second kappa shape index (κ2) is 8.27. The number of aromatic nitrogens is 3. The van der Waals surface area contributed by atoms with Crippen LogP contribution in [0.4, 0.5) is 26.3 Å². The van der Waals surface area contributed by atoms with Crippen molar-refractivity contribution >= 4 is 0 Å². The van der Waals surface area contributed by atoms with Gasteiger partial charge in [0.1, 0.15) is 5.75 Å². The van der Waals surface area contributed by atoms with E-state index < -0.39 is 23.5 Å². The Balaban J connectivity index is 1.93. The van der Waals surface area contributed by atoms with E-state index in [1.807, 2.05) is 0 Å². The summed E-state index contributed by atoms with van der Waals surface area (Å²) in [5.41, 5.74) is -1.16. The van der Waals surface area contributed by atoms with Gasteiger partial charge in [-0.2, -0.15) is 26.3 Å². The van der Waals surface area contributed by atoms with Crippen LogP contribution in [0.1, 0.15) is 11.1 Å². The molecule has 10 heteroatoms. The number of alkyl halides is 6. The first-order chi connectivity index (χ1) is 15.6. The van der Waals surface area contributed by atoms with Crippen molar-refractivity contribution in [1.29, 1.82) is 0 Å². The number of benzene rings is 2. The Bertz CT molecular complexity index is 1260. The maximum absolute atomic E-state index is 13.4. The Morgan fingerprint density at radius 1 is 0.758 bits per heavy atom. The van der Waals surface area contributed by atoms with Crippen molar-refractivity contribution in [3.05, 3.63) is 84.6 Å². The molecule has 0 bridgehead atoms. The fourth-order valence-corrected chi connectivity index (χ4v) is 3.48. The van der Waals surface area contributed by atoms with E-state index in [2.05, 4.69) is 9.97 Å². The number of ether oxygens (including phenoxy) is 1. The van der Waals surface area contributed by atoms with E-state index in [0.717, 1.165) is 6.33 Å². The van der Waals surface area contributed by atoms with Gasteiger partial charge in [0.25, 0.3) is 0 Å². The van der Waals surface area contributed by atoms with Gasteiger partial charge in [-0.3, -0.25) is 9.55 Å². The predicted octanol–water partition coefficient (Wildman–Crippen LogP) is 6.65. The van der Waals surface area contributed by atoms with Crippen LogP contribution in [0.3, 0.4) is 0 Å². The molecule has 0 aliphatic rings. The molecule has 0 saturated carbocycles. The van der Waals surface area contributed by atoms with E-state index in [4.69, 9.17) is 4.74 Å². The Hall–Kier alpha value is -3.82. The van der Waals surface area contributed by atoms with Gasteiger partial charge >= 0.3 is 12.4 Å². The van der Waals surface area contributed by atoms with Crippen LogP contribution in [-0.2, 0) is 12.4 Å². The molecule has 2 aromatic heterocycles. The highest BCUT2D eigenvalue weighted by Gasteiger charge is 2.37. The highest BCUT2D eigenvalue weighted by Crippen LogP contribution is 2.40. The molecule has 0 aliphatic carbocycles. The standard InChI is InChI=1S/C23H15F6N3O/c1-33-21-5-3-2-4-18(21)17-6-7-30-11-19(17)20-12-31-13-32(20)16-9-14(22(24,25)26)8-15(10-16)23(27,28)29/h2-13H,1H3. The third-order valence-electron chi connectivity index (χ3n) is 4.98. The normalized spacial score (nSPS) is 12.1. The summed E-state index contributed by atoms with van der Waals surface area (Å²) in [5, 5.41) is 0. The van der Waals surface area contributed by atoms with Crippen molar-refractivity contribution in [3.63, 3.8) is 0 Å². The van der Waals surface area contributed by atoms with Gasteiger partial charge in [0.15, 0.2) is 0 Å². The van der Waals surface area contributed by atoms with Gasteiger partial charge in [0.05, 0.1) is 36.5 Å². The number of rotatable bonds is 4. The minimum absolute atomic E-state index is 0.0877. The number of pyridine rings is 1. The lowest BCUT2D eigenvalue weighted by atomic mass is 9.99. The molecule has 2 heterocycles. The van der Waals surface area contributed by atoms with Crippen molar-refractivity contribution in [2.45, 2.75) is 12.4 Å². The van der Waals surface area contributed by atoms with Crippen LogP contribution in [0.5, 0.6) is 5.75 Å². The average molecular weight is 463 g/mol. The minimum atomic E-state index is -4.96. The third kappa shape index (κ3) is 4.41. The van der Waals surface area contributed by atoms with Crippen LogP contribution < -0.4 is 4.74 Å². The summed E-state index contributed by atoms with van der Waals surface area (Å²) in [6, 6.07) is 10.1. The van der Waals surface area contributed by atoms with Gasteiger partial charge in [-0.1, -0.05) is 18.2 Å². The molecule has 0 aliphatic heterocycles. The molecule has 4 rings (SSSR count). The summed E-state index contributed by atoms with van der Waals surface area (Å²) < 4.78 is 86.7. The van der Waals surface area contributed by atoms with Crippen LogP contribution in [0.2, 0.25) is 0 Å². The van der Waals surface area contributed by atoms with Crippen molar-refractivity contribution in [3.8, 4) is 33.8 Å². The first-order valence-corrected chi connectivity index (χ1v) is 9.49. The molecular weight excluding hydrogens is 448 g/mol. The van der Waals surface area contributed by atoms with Gasteiger partial charge in [0.2, 0.25) is 0 Å². The summed E-state index contributed by atoms with van der Waals surface area (Å²) in [7, 11) is 1.49. The molecule has 0 atom stereocenters. The van der Waals surface area contributed by atoms with E-state index in [9.17, 15) is 26.3 Å². The first kappa shape index (κ1) is 22.4. The van der Waals surface area contributed by atoms with Gasteiger partial charge in [-0.25, -0.2) is 4.98 Å². The monoisotopic (exact) mass is 463 g/mol. The minimum Gasteiger partial charge on any atom is -0.496 e. The maximum atomic E-state index is 13.4. The molecule has 4 nitrogen and oxygen atoms in total. The summed E-state index contributed by atoms with van der Waals surface area (Å²) in [5.74, 6) is 0.537. The zero-order valence-corrected chi connectivity index (χ0v) is 16.9. The van der Waals surface area contributed by atoms with Crippen molar-refractivity contribution in [2.24, 2.45) is 0 Å². The lowest BCUT2D eigenvalue weighted by molar-refractivity contribution is -0.143. The molecule has 0 saturated heterocycles. The smallest absolute Gasteiger partial charge is 0.416 e. The van der Waals surface area contributed by atoms with Crippen LogP contribution in [0.25, 0.3) is 28.1 Å². The number of para-hydroxylation sites is 1. The summed E-state index contributed by atoms with van der Waals surface area (Å²) >= 11 is 0. The fraction of sp³-hybridized carbons (Fsp3) is 0.130. The van der Waals surface area contributed by atoms with Gasteiger partial charge in [0, 0.05) is 29.2 Å². The molecule has 0 unspecified atom stereocenters. The molecule has 0 amide bonds. The molecule has 0 fully saturated rings. The number of hydrogen-bond donors (Lipinski definition) is 0. The van der Waals surface area contributed by atoms with E-state index in [1.54, 1.807) is 30.3 Å². The van der Waals surface area contributed by atoms with Crippen LogP contribution in [0, 0.1) is 0 Å². The molecule has 2 aromatic carbocycles. The molecule has 33 heavy (non-hydrogen) atoms. The maximum Gasteiger partial charge on any atom is 0.416 e. The zero-order chi connectivity index (χ0) is 23.8. The van der Waals surface area contributed by atoms with Crippen LogP contribution in [0.15, 0.2) is 73.4 Å². The highest BCUT2D eigenvalue weighted by atomic mass is 19.4. The Labute approximate surface area is 184 Å². The number of methoxy groups -OCH3 is 1. The lowest BCUT2D eigenvalue weighted by Gasteiger charge is -2.17. The van der Waals surface area contributed by atoms with Gasteiger partial charge in [-0.15, -0.1) is 0 Å². The number of hydrogen-bond acceptors (Lipinski definition) is 3. The number of nitrogens with zero attached hydrogens (tertiary/aromatic N) is 3. The topological polar surface area (TPSA) is 39.9 Å². The molecule has 0 spiro atoms. The Morgan fingerprint density at radius 3 is 2.06 bits per heavy atom. The van der Waals surface area contributed by atoms with E-state index in [1.165, 1.54) is 30.3 Å². The van der Waals surface area contributed by atoms with Gasteiger partial charge < -0.3 is 4.74 Å². The SMILES string of the molecule is COc1ccccc1-c1ccncc1-c1cncn1-c1cc(C(F)(F)F)cc(C(F)(F)F)c1. The fourth-order valence-electron chi connectivity index (χ4n) is 3.48. The van der Waals surface area contributed by atoms with Crippen molar-refractivity contribution in [1.82, 2.24) is 14.5 Å². The van der Waals surface area contributed by atoms with E-state index in [-0.39, 0.29) is 17.4 Å². The van der Waals surface area contributed by atoms with Crippen molar-refractivity contribution < 1.29 is 31.1 Å². The predicted molar refractivity (Wildman–Crippen MR) is 109 cm³/mol. The average Bonchev–Trinajstić information content (AvgIpc) is 3.27. The van der Waals surface area contributed by atoms with Gasteiger partial charge in [-0.05, 0) is 35.9 Å². The molecule has 0 N–H and O–H groups in total. The molecular formula is C23H15F6N3O.